The maximum Gasteiger partial charge on any atom is 0.326 e. The third kappa shape index (κ3) is 34.0. The van der Waals surface area contributed by atoms with E-state index < -0.39 is 17.9 Å². The summed E-state index contributed by atoms with van der Waals surface area (Å²) in [4.78, 5) is 23.6. The Labute approximate surface area is 320 Å². The van der Waals surface area contributed by atoms with Crippen molar-refractivity contribution in [2.75, 3.05) is 159 Å². The lowest BCUT2D eigenvalue weighted by molar-refractivity contribution is -0.142. The van der Waals surface area contributed by atoms with Gasteiger partial charge in [0.05, 0.1) is 152 Å². The van der Waals surface area contributed by atoms with Gasteiger partial charge in [0.2, 0.25) is 5.91 Å². The van der Waals surface area contributed by atoms with Gasteiger partial charge in [0.15, 0.2) is 0 Å². The van der Waals surface area contributed by atoms with E-state index in [1.54, 1.807) is 12.1 Å². The Balaban J connectivity index is 1.71. The lowest BCUT2D eigenvalue weighted by atomic mass is 10.1. The third-order valence-electron chi connectivity index (χ3n) is 6.92. The first kappa shape index (κ1) is 49.5. The van der Waals surface area contributed by atoms with E-state index in [9.17, 15) is 19.8 Å². The highest BCUT2D eigenvalue weighted by atomic mass is 16.6. The van der Waals surface area contributed by atoms with Crippen molar-refractivity contribution in [1.82, 2.24) is 5.32 Å². The molecule has 1 atom stereocenters. The second-order valence-corrected chi connectivity index (χ2v) is 11.4. The molecule has 1 rings (SSSR count). The summed E-state index contributed by atoms with van der Waals surface area (Å²) in [5, 5.41) is 21.2. The fraction of sp³-hybridized carbons (Fsp3) is 0.784. The molecule has 0 saturated heterocycles. The van der Waals surface area contributed by atoms with E-state index in [4.69, 9.17) is 56.8 Å². The lowest BCUT2D eigenvalue weighted by Gasteiger charge is -2.15. The quantitative estimate of drug-likeness (QED) is 0.0807. The third-order valence-corrected chi connectivity index (χ3v) is 6.92. The van der Waals surface area contributed by atoms with Gasteiger partial charge in [-0.3, -0.25) is 4.79 Å². The van der Waals surface area contributed by atoms with Crippen LogP contribution in [0.4, 0.5) is 0 Å². The van der Waals surface area contributed by atoms with Crippen LogP contribution in [0.15, 0.2) is 24.3 Å². The number of ether oxygens (including phenoxy) is 12. The van der Waals surface area contributed by atoms with Crippen molar-refractivity contribution in [1.29, 1.82) is 0 Å². The second kappa shape index (κ2) is 38.7. The lowest BCUT2D eigenvalue weighted by Crippen LogP contribution is -2.42. The SMILES string of the molecule is CCCOCCOCCOCCOCCOCCOCCOCCOCCOCCOCCOCCOCCC(=O)N[C@@H](Cc1ccc(O)cc1)C(=O)O. The number of hydrogen-bond acceptors (Lipinski definition) is 15. The van der Waals surface area contributed by atoms with Gasteiger partial charge in [0.25, 0.3) is 0 Å². The summed E-state index contributed by atoms with van der Waals surface area (Å²) in [6.07, 6.45) is 1.15. The molecule has 0 aliphatic rings. The van der Waals surface area contributed by atoms with Gasteiger partial charge in [-0.25, -0.2) is 4.79 Å². The van der Waals surface area contributed by atoms with E-state index >= 15 is 0 Å². The molecule has 3 N–H and O–H groups in total. The van der Waals surface area contributed by atoms with E-state index in [2.05, 4.69) is 12.2 Å². The summed E-state index contributed by atoms with van der Waals surface area (Å²) >= 11 is 0. The van der Waals surface area contributed by atoms with Crippen LogP contribution in [0.1, 0.15) is 25.3 Å². The van der Waals surface area contributed by atoms with Gasteiger partial charge >= 0.3 is 5.97 Å². The molecule has 314 valence electrons. The van der Waals surface area contributed by atoms with Gasteiger partial charge in [0, 0.05) is 19.4 Å². The number of benzene rings is 1. The minimum Gasteiger partial charge on any atom is -0.508 e. The fourth-order valence-electron chi connectivity index (χ4n) is 4.16. The number of rotatable bonds is 42. The molecule has 0 aromatic heterocycles. The molecular weight excluding hydrogens is 714 g/mol. The van der Waals surface area contributed by atoms with Gasteiger partial charge < -0.3 is 72.4 Å². The maximum atomic E-state index is 12.1. The summed E-state index contributed by atoms with van der Waals surface area (Å²) in [6, 6.07) is 5.09. The van der Waals surface area contributed by atoms with Gasteiger partial charge in [-0.15, -0.1) is 0 Å². The molecule has 1 aromatic rings. The Kier molecular flexibility index (Phi) is 35.5. The van der Waals surface area contributed by atoms with Crippen LogP contribution in [0.5, 0.6) is 5.75 Å². The molecule has 1 aromatic carbocycles. The molecule has 0 saturated carbocycles. The van der Waals surface area contributed by atoms with E-state index in [0.717, 1.165) is 13.0 Å². The van der Waals surface area contributed by atoms with Crippen LogP contribution in [0.3, 0.4) is 0 Å². The van der Waals surface area contributed by atoms with Crippen molar-refractivity contribution < 1.29 is 76.6 Å². The number of amides is 1. The van der Waals surface area contributed by atoms with Crippen molar-refractivity contribution in [2.24, 2.45) is 0 Å². The van der Waals surface area contributed by atoms with Crippen LogP contribution in [0.25, 0.3) is 0 Å². The number of carbonyl (C=O) groups is 2. The Morgan fingerprint density at radius 2 is 0.759 bits per heavy atom. The van der Waals surface area contributed by atoms with E-state index in [0.29, 0.717) is 151 Å². The van der Waals surface area contributed by atoms with Crippen molar-refractivity contribution in [2.45, 2.75) is 32.2 Å². The predicted octanol–water partition coefficient (Wildman–Crippen LogP) is 1.50. The molecule has 1 amide bonds. The Hall–Kier alpha value is -2.52. The van der Waals surface area contributed by atoms with Crippen LogP contribution in [0.2, 0.25) is 0 Å². The van der Waals surface area contributed by atoms with Crippen molar-refractivity contribution in [3.63, 3.8) is 0 Å². The van der Waals surface area contributed by atoms with Gasteiger partial charge in [-0.2, -0.15) is 0 Å². The van der Waals surface area contributed by atoms with Crippen LogP contribution < -0.4 is 5.32 Å². The summed E-state index contributed by atoms with van der Waals surface area (Å²) in [5.74, 6) is -1.47. The van der Waals surface area contributed by atoms with E-state index in [1.165, 1.54) is 12.1 Å². The molecule has 54 heavy (non-hydrogen) atoms. The smallest absolute Gasteiger partial charge is 0.326 e. The summed E-state index contributed by atoms with van der Waals surface area (Å²) in [6.45, 7) is 13.4. The first-order valence-corrected chi connectivity index (χ1v) is 18.8. The van der Waals surface area contributed by atoms with Crippen molar-refractivity contribution >= 4 is 11.9 Å². The molecule has 17 heteroatoms. The topological polar surface area (TPSA) is 197 Å². The van der Waals surface area contributed by atoms with Crippen LogP contribution in [0, 0.1) is 0 Å². The number of carbonyl (C=O) groups excluding carboxylic acids is 1. The highest BCUT2D eigenvalue weighted by Gasteiger charge is 2.20. The average molecular weight is 780 g/mol. The largest absolute Gasteiger partial charge is 0.508 e. The number of carboxylic acid groups (broad SMARTS) is 1. The maximum absolute atomic E-state index is 12.1. The molecular formula is C37H65NO16. The number of carboxylic acids is 1. The number of phenols is 1. The van der Waals surface area contributed by atoms with E-state index in [-0.39, 0.29) is 25.2 Å². The molecule has 0 unspecified atom stereocenters. The van der Waals surface area contributed by atoms with Gasteiger partial charge in [-0.05, 0) is 24.1 Å². The zero-order chi connectivity index (χ0) is 39.0. The minimum absolute atomic E-state index is 0.0263. The minimum atomic E-state index is -1.14. The normalized spacial score (nSPS) is 11.9. The Bertz CT molecular complexity index is 974. The number of hydrogen-bond donors (Lipinski definition) is 3. The first-order chi connectivity index (χ1) is 26.5. The molecule has 17 nitrogen and oxygen atoms in total. The summed E-state index contributed by atoms with van der Waals surface area (Å²) in [7, 11) is 0. The molecule has 0 fully saturated rings. The molecule has 0 aliphatic carbocycles. The first-order valence-electron chi connectivity index (χ1n) is 18.8. The number of aliphatic carboxylic acids is 1. The Morgan fingerprint density at radius 1 is 0.481 bits per heavy atom. The van der Waals surface area contributed by atoms with E-state index in [1.807, 2.05) is 0 Å². The van der Waals surface area contributed by atoms with Crippen molar-refractivity contribution in [3.8, 4) is 5.75 Å². The second-order valence-electron chi connectivity index (χ2n) is 11.4. The molecule has 0 spiro atoms. The molecule has 0 aliphatic heterocycles. The van der Waals surface area contributed by atoms with Gasteiger partial charge in [0.1, 0.15) is 11.8 Å². The molecule has 0 radical (unpaired) electrons. The zero-order valence-corrected chi connectivity index (χ0v) is 32.1. The van der Waals surface area contributed by atoms with Crippen LogP contribution >= 0.6 is 0 Å². The van der Waals surface area contributed by atoms with Gasteiger partial charge in [-0.1, -0.05) is 19.1 Å². The van der Waals surface area contributed by atoms with Crippen LogP contribution in [-0.2, 0) is 72.9 Å². The molecule has 0 bridgehead atoms. The number of phenolic OH excluding ortho intramolecular Hbond substituents is 1. The highest BCUT2D eigenvalue weighted by Crippen LogP contribution is 2.11. The highest BCUT2D eigenvalue weighted by molar-refractivity contribution is 5.83. The number of nitrogens with one attached hydrogen (secondary N) is 1. The average Bonchev–Trinajstić information content (AvgIpc) is 3.16. The standard InChI is InChI=1S/C37H65NO16/c1-2-8-43-10-12-45-14-16-47-18-20-49-22-24-51-26-28-53-30-31-54-29-27-52-25-23-50-21-19-48-17-15-46-13-11-44-9-7-36(40)38-35(37(41)42)32-33-3-5-34(39)6-4-33/h3-6,35,39H,2,7-32H2,1H3,(H,38,40)(H,41,42)/t35-/m0/s1. The van der Waals surface area contributed by atoms with Crippen molar-refractivity contribution in [3.05, 3.63) is 29.8 Å². The summed E-state index contributed by atoms with van der Waals surface area (Å²) < 4.78 is 65.3. The van der Waals surface area contributed by atoms with Crippen LogP contribution in [-0.4, -0.2) is 187 Å². The monoisotopic (exact) mass is 779 g/mol. The summed E-state index contributed by atoms with van der Waals surface area (Å²) in [5.41, 5.74) is 0.685. The zero-order valence-electron chi connectivity index (χ0n) is 32.1. The Morgan fingerprint density at radius 3 is 1.04 bits per heavy atom. The predicted molar refractivity (Wildman–Crippen MR) is 196 cm³/mol. The number of aromatic hydroxyl groups is 1. The molecule has 0 heterocycles. The fourth-order valence-corrected chi connectivity index (χ4v) is 4.16.